The Labute approximate surface area is 122 Å². The van der Waals surface area contributed by atoms with Crippen LogP contribution in [0.5, 0.6) is 0 Å². The summed E-state index contributed by atoms with van der Waals surface area (Å²) in [4.78, 5) is 22.1. The smallest absolute Gasteiger partial charge is 0.292 e. The molecular formula is C14H18N4O3. The van der Waals surface area contributed by atoms with E-state index in [9.17, 15) is 14.9 Å². The molecule has 2 aliphatic heterocycles. The fourth-order valence-corrected chi connectivity index (χ4v) is 2.94. The summed E-state index contributed by atoms with van der Waals surface area (Å²) in [6.07, 6.45) is 3.49. The van der Waals surface area contributed by atoms with E-state index in [4.69, 9.17) is 0 Å². The van der Waals surface area contributed by atoms with Gasteiger partial charge in [0.25, 0.3) is 5.69 Å². The predicted molar refractivity (Wildman–Crippen MR) is 79.6 cm³/mol. The molecule has 112 valence electrons. The first kappa shape index (κ1) is 13.8. The molecule has 0 aliphatic carbocycles. The summed E-state index contributed by atoms with van der Waals surface area (Å²) in [6, 6.07) is 3.65. The molecule has 21 heavy (non-hydrogen) atoms. The molecular weight excluding hydrogens is 272 g/mol. The number of nitro groups is 1. The number of amides is 1. The van der Waals surface area contributed by atoms with E-state index in [2.05, 4.69) is 16.0 Å². The molecule has 7 heteroatoms. The molecule has 1 saturated heterocycles. The Morgan fingerprint density at radius 1 is 1.43 bits per heavy atom. The molecule has 0 aromatic heterocycles. The van der Waals surface area contributed by atoms with Crippen molar-refractivity contribution >= 4 is 23.0 Å². The fraction of sp³-hybridized carbons (Fsp3) is 0.500. The number of hydrogen-bond acceptors (Lipinski definition) is 5. The van der Waals surface area contributed by atoms with Crippen molar-refractivity contribution < 1.29 is 9.72 Å². The second kappa shape index (κ2) is 5.69. The molecule has 0 radical (unpaired) electrons. The van der Waals surface area contributed by atoms with Crippen molar-refractivity contribution in [1.29, 1.82) is 0 Å². The third-order valence-electron chi connectivity index (χ3n) is 4.01. The first-order valence-electron chi connectivity index (χ1n) is 7.22. The lowest BCUT2D eigenvalue weighted by Crippen LogP contribution is -2.24. The van der Waals surface area contributed by atoms with Crippen LogP contribution in [-0.4, -0.2) is 30.0 Å². The Hall–Kier alpha value is -2.15. The Morgan fingerprint density at radius 2 is 2.29 bits per heavy atom. The molecule has 7 nitrogen and oxygen atoms in total. The van der Waals surface area contributed by atoms with Gasteiger partial charge < -0.3 is 16.0 Å². The van der Waals surface area contributed by atoms with Gasteiger partial charge in [-0.15, -0.1) is 0 Å². The van der Waals surface area contributed by atoms with Gasteiger partial charge in [-0.05, 0) is 37.4 Å². The van der Waals surface area contributed by atoms with Gasteiger partial charge in [-0.25, -0.2) is 0 Å². The Balaban J connectivity index is 1.72. The summed E-state index contributed by atoms with van der Waals surface area (Å²) in [7, 11) is 0. The van der Waals surface area contributed by atoms with Crippen LogP contribution in [0.1, 0.15) is 24.8 Å². The maximum Gasteiger partial charge on any atom is 0.292 e. The number of nitro benzene ring substituents is 1. The van der Waals surface area contributed by atoms with Crippen LogP contribution in [0.4, 0.5) is 17.1 Å². The molecule has 1 aromatic rings. The summed E-state index contributed by atoms with van der Waals surface area (Å²) in [6.45, 7) is 1.72. The third kappa shape index (κ3) is 2.97. The summed E-state index contributed by atoms with van der Waals surface area (Å²) in [5.74, 6) is -0.119. The van der Waals surface area contributed by atoms with Gasteiger partial charge in [0.15, 0.2) is 0 Å². The van der Waals surface area contributed by atoms with Crippen molar-refractivity contribution in [3.05, 3.63) is 27.8 Å². The summed E-state index contributed by atoms with van der Waals surface area (Å²) in [5, 5.41) is 20.4. The monoisotopic (exact) mass is 290 g/mol. The van der Waals surface area contributed by atoms with Crippen molar-refractivity contribution in [2.45, 2.75) is 31.7 Å². The zero-order chi connectivity index (χ0) is 14.8. The van der Waals surface area contributed by atoms with Gasteiger partial charge in [-0.1, -0.05) is 0 Å². The lowest BCUT2D eigenvalue weighted by atomic mass is 10.1. The standard InChI is InChI=1S/C14H18N4O3/c19-14-7-9-6-13(18(20)21)12(8-11(9)17-14)16-5-3-10-2-1-4-15-10/h6,8,10,15-16H,1-5,7H2,(H,17,19)/t10-/m0/s1. The molecule has 0 bridgehead atoms. The number of nitrogens with one attached hydrogen (secondary N) is 3. The predicted octanol–water partition coefficient (Wildman–Crippen LogP) is 1.64. The average molecular weight is 290 g/mol. The van der Waals surface area contributed by atoms with Gasteiger partial charge >= 0.3 is 0 Å². The number of carbonyl (C=O) groups excluding carboxylic acids is 1. The van der Waals surface area contributed by atoms with Gasteiger partial charge in [0.05, 0.1) is 11.3 Å². The summed E-state index contributed by atoms with van der Waals surface area (Å²) < 4.78 is 0. The molecule has 3 N–H and O–H groups in total. The van der Waals surface area contributed by atoms with E-state index >= 15 is 0 Å². The number of fused-ring (bicyclic) bond motifs is 1. The topological polar surface area (TPSA) is 96.3 Å². The Kier molecular flexibility index (Phi) is 3.74. The van der Waals surface area contributed by atoms with Gasteiger partial charge in [-0.3, -0.25) is 14.9 Å². The number of benzene rings is 1. The van der Waals surface area contributed by atoms with Crippen LogP contribution >= 0.6 is 0 Å². The maximum atomic E-state index is 11.4. The van der Waals surface area contributed by atoms with Crippen LogP contribution in [0.25, 0.3) is 0 Å². The lowest BCUT2D eigenvalue weighted by molar-refractivity contribution is -0.384. The number of nitrogens with zero attached hydrogens (tertiary/aromatic N) is 1. The first-order chi connectivity index (χ1) is 10.1. The molecule has 0 saturated carbocycles. The number of rotatable bonds is 5. The Bertz CT molecular complexity index is 582. The minimum Gasteiger partial charge on any atom is -0.379 e. The van der Waals surface area contributed by atoms with Crippen LogP contribution in [0.2, 0.25) is 0 Å². The summed E-state index contributed by atoms with van der Waals surface area (Å²) in [5.41, 5.74) is 1.87. The molecule has 1 fully saturated rings. The van der Waals surface area contributed by atoms with Gasteiger partial charge in [-0.2, -0.15) is 0 Å². The van der Waals surface area contributed by atoms with Gasteiger partial charge in [0.1, 0.15) is 5.69 Å². The number of hydrogen-bond donors (Lipinski definition) is 3. The van der Waals surface area contributed by atoms with Crippen molar-refractivity contribution in [1.82, 2.24) is 5.32 Å². The van der Waals surface area contributed by atoms with Crippen molar-refractivity contribution in [3.8, 4) is 0 Å². The number of carbonyl (C=O) groups is 1. The molecule has 1 aromatic carbocycles. The van der Waals surface area contributed by atoms with E-state index in [1.165, 1.54) is 12.5 Å². The normalized spacial score (nSPS) is 20.2. The van der Waals surface area contributed by atoms with E-state index < -0.39 is 4.92 Å². The highest BCUT2D eigenvalue weighted by molar-refractivity contribution is 6.00. The minimum atomic E-state index is -0.404. The van der Waals surface area contributed by atoms with E-state index in [0.29, 0.717) is 29.5 Å². The molecule has 0 unspecified atom stereocenters. The van der Waals surface area contributed by atoms with Crippen LogP contribution in [0.3, 0.4) is 0 Å². The minimum absolute atomic E-state index is 0.0321. The second-order valence-electron chi connectivity index (χ2n) is 5.52. The van der Waals surface area contributed by atoms with Crippen molar-refractivity contribution in [2.75, 3.05) is 23.7 Å². The molecule has 2 aliphatic rings. The molecule has 3 rings (SSSR count). The van der Waals surface area contributed by atoms with Crippen molar-refractivity contribution in [2.24, 2.45) is 0 Å². The van der Waals surface area contributed by atoms with Gasteiger partial charge in [0, 0.05) is 24.3 Å². The van der Waals surface area contributed by atoms with Crippen LogP contribution in [-0.2, 0) is 11.2 Å². The zero-order valence-corrected chi connectivity index (χ0v) is 11.6. The fourth-order valence-electron chi connectivity index (χ4n) is 2.94. The van der Waals surface area contributed by atoms with E-state index in [1.807, 2.05) is 0 Å². The number of anilines is 2. The highest BCUT2D eigenvalue weighted by atomic mass is 16.6. The SMILES string of the molecule is O=C1Cc2cc([N+](=O)[O-])c(NCC[C@@H]3CCCN3)cc2N1. The van der Waals surface area contributed by atoms with E-state index in [1.54, 1.807) is 6.07 Å². The van der Waals surface area contributed by atoms with Crippen LogP contribution in [0, 0.1) is 10.1 Å². The van der Waals surface area contributed by atoms with Crippen molar-refractivity contribution in [3.63, 3.8) is 0 Å². The molecule has 1 amide bonds. The third-order valence-corrected chi connectivity index (χ3v) is 4.01. The second-order valence-corrected chi connectivity index (χ2v) is 5.52. The Morgan fingerprint density at radius 3 is 3.00 bits per heavy atom. The molecule has 0 spiro atoms. The largest absolute Gasteiger partial charge is 0.379 e. The summed E-state index contributed by atoms with van der Waals surface area (Å²) >= 11 is 0. The quantitative estimate of drug-likeness (QED) is 0.566. The zero-order valence-electron chi connectivity index (χ0n) is 11.6. The van der Waals surface area contributed by atoms with E-state index in [-0.39, 0.29) is 18.0 Å². The van der Waals surface area contributed by atoms with Crippen LogP contribution in [0.15, 0.2) is 12.1 Å². The molecule has 1 atom stereocenters. The lowest BCUT2D eigenvalue weighted by Gasteiger charge is -2.12. The highest BCUT2D eigenvalue weighted by Crippen LogP contribution is 2.34. The molecule has 2 heterocycles. The maximum absolute atomic E-state index is 11.4. The highest BCUT2D eigenvalue weighted by Gasteiger charge is 2.24. The first-order valence-corrected chi connectivity index (χ1v) is 7.22. The average Bonchev–Trinajstić information content (AvgIpc) is 3.05. The van der Waals surface area contributed by atoms with Gasteiger partial charge in [0.2, 0.25) is 5.91 Å². The van der Waals surface area contributed by atoms with Crippen LogP contribution < -0.4 is 16.0 Å². The van der Waals surface area contributed by atoms with E-state index in [0.717, 1.165) is 19.4 Å².